The van der Waals surface area contributed by atoms with Crippen LogP contribution in [0.5, 0.6) is 11.5 Å². The van der Waals surface area contributed by atoms with Crippen LogP contribution < -0.4 is 9.47 Å². The highest BCUT2D eigenvalue weighted by Crippen LogP contribution is 2.28. The summed E-state index contributed by atoms with van der Waals surface area (Å²) in [5.74, 6) is 0.0606. The van der Waals surface area contributed by atoms with Crippen LogP contribution in [0.2, 0.25) is 0 Å². The number of aromatic nitrogens is 3. The van der Waals surface area contributed by atoms with Crippen molar-refractivity contribution >= 4 is 17.0 Å². The first-order valence-corrected chi connectivity index (χ1v) is 6.78. The molecular formula is C16H12N4O3. The largest absolute Gasteiger partial charge is 0.493 e. The quantitative estimate of drug-likeness (QED) is 0.540. The van der Waals surface area contributed by atoms with Crippen LogP contribution in [0.15, 0.2) is 42.5 Å². The monoisotopic (exact) mass is 308 g/mol. The first-order valence-electron chi connectivity index (χ1n) is 6.78. The Kier molecular flexibility index (Phi) is 3.89. The Hall–Kier alpha value is -3.40. The van der Waals surface area contributed by atoms with Gasteiger partial charge in [0.25, 0.3) is 0 Å². The third kappa shape index (κ3) is 2.96. The normalized spacial score (nSPS) is 10.3. The Morgan fingerprint density at radius 1 is 1.26 bits per heavy atom. The molecule has 3 rings (SSSR count). The number of methoxy groups -OCH3 is 1. The molecule has 7 nitrogen and oxygen atoms in total. The van der Waals surface area contributed by atoms with Gasteiger partial charge in [-0.3, -0.25) is 0 Å². The topological polar surface area (TPSA) is 90.0 Å². The van der Waals surface area contributed by atoms with Gasteiger partial charge in [-0.1, -0.05) is 17.3 Å². The van der Waals surface area contributed by atoms with Crippen molar-refractivity contribution in [3.63, 3.8) is 0 Å². The summed E-state index contributed by atoms with van der Waals surface area (Å²) < 4.78 is 11.9. The molecule has 0 spiro atoms. The highest BCUT2D eigenvalue weighted by atomic mass is 16.6. The minimum atomic E-state index is -0.510. The molecule has 0 aliphatic rings. The van der Waals surface area contributed by atoms with Crippen LogP contribution >= 0.6 is 0 Å². The Morgan fingerprint density at radius 3 is 2.87 bits per heavy atom. The third-order valence-corrected chi connectivity index (χ3v) is 3.22. The van der Waals surface area contributed by atoms with Crippen LogP contribution in [0.4, 0.5) is 0 Å². The molecule has 1 aromatic heterocycles. The molecule has 0 amide bonds. The first-order chi connectivity index (χ1) is 11.2. The Balaban J connectivity index is 1.79. The second kappa shape index (κ2) is 6.15. The molecule has 23 heavy (non-hydrogen) atoms. The van der Waals surface area contributed by atoms with Crippen molar-refractivity contribution in [3.05, 3.63) is 48.0 Å². The van der Waals surface area contributed by atoms with Crippen molar-refractivity contribution in [2.45, 2.75) is 6.54 Å². The fraction of sp³-hybridized carbons (Fsp3) is 0.125. The molecule has 0 fully saturated rings. The van der Waals surface area contributed by atoms with E-state index in [4.69, 9.17) is 14.7 Å². The lowest BCUT2D eigenvalue weighted by Gasteiger charge is -2.09. The molecule has 0 aliphatic carbocycles. The molecule has 0 radical (unpaired) electrons. The zero-order valence-electron chi connectivity index (χ0n) is 12.3. The van der Waals surface area contributed by atoms with Crippen LogP contribution in [-0.2, 0) is 11.3 Å². The van der Waals surface area contributed by atoms with Gasteiger partial charge in [-0.05, 0) is 24.3 Å². The fourth-order valence-electron chi connectivity index (χ4n) is 2.13. The molecule has 7 heteroatoms. The van der Waals surface area contributed by atoms with E-state index >= 15 is 0 Å². The van der Waals surface area contributed by atoms with E-state index in [9.17, 15) is 4.79 Å². The number of carbonyl (C=O) groups excluding carboxylic acids is 1. The van der Waals surface area contributed by atoms with Crippen LogP contribution in [0.25, 0.3) is 11.0 Å². The molecule has 0 N–H and O–H groups in total. The molecule has 2 aromatic carbocycles. The predicted molar refractivity (Wildman–Crippen MR) is 80.9 cm³/mol. The molecule has 0 bridgehead atoms. The van der Waals surface area contributed by atoms with E-state index in [-0.39, 0.29) is 12.3 Å². The summed E-state index contributed by atoms with van der Waals surface area (Å²) in [4.78, 5) is 12.1. The summed E-state index contributed by atoms with van der Waals surface area (Å²) in [5.41, 5.74) is 1.87. The SMILES string of the molecule is COc1cc(C#N)ccc1OC(=O)Cn1nnc2ccccc21. The van der Waals surface area contributed by atoms with E-state index in [0.717, 1.165) is 5.52 Å². The molecule has 1 heterocycles. The number of benzene rings is 2. The van der Waals surface area contributed by atoms with E-state index in [0.29, 0.717) is 16.8 Å². The molecule has 3 aromatic rings. The van der Waals surface area contributed by atoms with Crippen molar-refractivity contribution in [2.24, 2.45) is 0 Å². The number of carbonyl (C=O) groups is 1. The summed E-state index contributed by atoms with van der Waals surface area (Å²) in [7, 11) is 1.44. The molecular weight excluding hydrogens is 296 g/mol. The number of para-hydroxylation sites is 1. The van der Waals surface area contributed by atoms with Crippen molar-refractivity contribution in [3.8, 4) is 17.6 Å². The summed E-state index contributed by atoms with van der Waals surface area (Å²) in [6, 6.07) is 13.9. The zero-order chi connectivity index (χ0) is 16.2. The predicted octanol–water partition coefficient (Wildman–Crippen LogP) is 1.92. The van der Waals surface area contributed by atoms with Crippen LogP contribution in [0.1, 0.15) is 5.56 Å². The summed E-state index contributed by atoms with van der Waals surface area (Å²) in [5, 5.41) is 16.8. The van der Waals surface area contributed by atoms with E-state index in [1.165, 1.54) is 23.9 Å². The number of hydrogen-bond acceptors (Lipinski definition) is 6. The lowest BCUT2D eigenvalue weighted by Crippen LogP contribution is -2.17. The highest BCUT2D eigenvalue weighted by Gasteiger charge is 2.13. The van der Waals surface area contributed by atoms with Crippen molar-refractivity contribution in [1.29, 1.82) is 5.26 Å². The molecule has 0 atom stereocenters. The fourth-order valence-corrected chi connectivity index (χ4v) is 2.13. The maximum Gasteiger partial charge on any atom is 0.333 e. The van der Waals surface area contributed by atoms with Gasteiger partial charge >= 0.3 is 5.97 Å². The second-order valence-corrected chi connectivity index (χ2v) is 4.69. The minimum Gasteiger partial charge on any atom is -0.493 e. The van der Waals surface area contributed by atoms with Gasteiger partial charge in [0.2, 0.25) is 0 Å². The Labute approximate surface area is 131 Å². The summed E-state index contributed by atoms with van der Waals surface area (Å²) in [6.07, 6.45) is 0. The minimum absolute atomic E-state index is 0.0797. The lowest BCUT2D eigenvalue weighted by atomic mass is 10.2. The second-order valence-electron chi connectivity index (χ2n) is 4.69. The maximum absolute atomic E-state index is 12.1. The lowest BCUT2D eigenvalue weighted by molar-refractivity contribution is -0.135. The average molecular weight is 308 g/mol. The molecule has 114 valence electrons. The summed E-state index contributed by atoms with van der Waals surface area (Å²) in [6.45, 7) is -0.0797. The molecule has 0 unspecified atom stereocenters. The standard InChI is InChI=1S/C16H12N4O3/c1-22-15-8-11(9-17)6-7-14(15)23-16(21)10-20-13-5-3-2-4-12(13)18-19-20/h2-8H,10H2,1H3. The Morgan fingerprint density at radius 2 is 2.09 bits per heavy atom. The first kappa shape index (κ1) is 14.5. The molecule has 0 saturated heterocycles. The number of hydrogen-bond donors (Lipinski definition) is 0. The van der Waals surface area contributed by atoms with Gasteiger partial charge in [0.15, 0.2) is 11.5 Å². The van der Waals surface area contributed by atoms with E-state index in [1.807, 2.05) is 30.3 Å². The number of rotatable bonds is 4. The van der Waals surface area contributed by atoms with Gasteiger partial charge < -0.3 is 9.47 Å². The number of esters is 1. The van der Waals surface area contributed by atoms with Gasteiger partial charge in [-0.2, -0.15) is 5.26 Å². The summed E-state index contributed by atoms with van der Waals surface area (Å²) >= 11 is 0. The van der Waals surface area contributed by atoms with Crippen LogP contribution in [-0.4, -0.2) is 28.1 Å². The zero-order valence-corrected chi connectivity index (χ0v) is 12.3. The van der Waals surface area contributed by atoms with E-state index < -0.39 is 5.97 Å². The van der Waals surface area contributed by atoms with Crippen LogP contribution in [0.3, 0.4) is 0 Å². The molecule has 0 saturated carbocycles. The average Bonchev–Trinajstić information content (AvgIpc) is 2.98. The van der Waals surface area contributed by atoms with Gasteiger partial charge in [0.05, 0.1) is 24.3 Å². The Bertz CT molecular complexity index is 911. The highest BCUT2D eigenvalue weighted by molar-refractivity contribution is 5.78. The number of nitrogens with zero attached hydrogens (tertiary/aromatic N) is 4. The number of nitriles is 1. The van der Waals surface area contributed by atoms with Crippen molar-refractivity contribution < 1.29 is 14.3 Å². The number of fused-ring (bicyclic) bond motifs is 1. The van der Waals surface area contributed by atoms with Crippen LogP contribution in [0, 0.1) is 11.3 Å². The third-order valence-electron chi connectivity index (χ3n) is 3.22. The van der Waals surface area contributed by atoms with Gasteiger partial charge in [-0.15, -0.1) is 5.10 Å². The van der Waals surface area contributed by atoms with Gasteiger partial charge in [-0.25, -0.2) is 9.48 Å². The van der Waals surface area contributed by atoms with E-state index in [1.54, 1.807) is 6.07 Å². The maximum atomic E-state index is 12.1. The van der Waals surface area contributed by atoms with Crippen molar-refractivity contribution in [1.82, 2.24) is 15.0 Å². The molecule has 0 aliphatic heterocycles. The van der Waals surface area contributed by atoms with Crippen molar-refractivity contribution in [2.75, 3.05) is 7.11 Å². The number of ether oxygens (including phenoxy) is 2. The smallest absolute Gasteiger partial charge is 0.333 e. The van der Waals surface area contributed by atoms with Gasteiger partial charge in [0, 0.05) is 6.07 Å². The van der Waals surface area contributed by atoms with E-state index in [2.05, 4.69) is 10.3 Å². The van der Waals surface area contributed by atoms with Gasteiger partial charge in [0.1, 0.15) is 12.1 Å².